The number of carbonyl (C=O) groups is 3. The molecule has 0 bridgehead atoms. The highest BCUT2D eigenvalue weighted by molar-refractivity contribution is 7.18. The van der Waals surface area contributed by atoms with Gasteiger partial charge in [-0.05, 0) is 50.5 Å². The molecule has 1 atom stereocenters. The normalized spacial score (nSPS) is 20.0. The van der Waals surface area contributed by atoms with Crippen LogP contribution in [0.3, 0.4) is 0 Å². The average Bonchev–Trinajstić information content (AvgIpc) is 3.24. The van der Waals surface area contributed by atoms with Crippen LogP contribution < -0.4 is 5.32 Å². The Balaban J connectivity index is 1.75. The zero-order valence-electron chi connectivity index (χ0n) is 14.6. The molecule has 0 aromatic carbocycles. The Morgan fingerprint density at radius 1 is 1.38 bits per heavy atom. The van der Waals surface area contributed by atoms with Crippen molar-refractivity contribution < 1.29 is 23.9 Å². The van der Waals surface area contributed by atoms with Crippen LogP contribution >= 0.6 is 11.3 Å². The van der Waals surface area contributed by atoms with Gasteiger partial charge in [0, 0.05) is 13.1 Å². The van der Waals surface area contributed by atoms with Gasteiger partial charge in [-0.15, -0.1) is 11.3 Å². The van der Waals surface area contributed by atoms with Crippen molar-refractivity contribution in [1.82, 2.24) is 4.90 Å². The van der Waals surface area contributed by atoms with Gasteiger partial charge in [0.05, 0.1) is 21.6 Å². The molecular formula is C18H20N2O5S. The van der Waals surface area contributed by atoms with Crippen LogP contribution in [0.1, 0.15) is 45.6 Å². The Hall–Kier alpha value is -2.61. The molecule has 1 fully saturated rings. The van der Waals surface area contributed by atoms with Gasteiger partial charge in [-0.1, -0.05) is 0 Å². The predicted octanol–water partition coefficient (Wildman–Crippen LogP) is 3.23. The number of carboxylic acid groups (broad SMARTS) is 1. The number of thiophene rings is 1. The van der Waals surface area contributed by atoms with E-state index < -0.39 is 11.4 Å². The first-order valence-electron chi connectivity index (χ1n) is 8.28. The van der Waals surface area contributed by atoms with Gasteiger partial charge >= 0.3 is 5.97 Å². The summed E-state index contributed by atoms with van der Waals surface area (Å²) in [5.41, 5.74) is -0.174. The van der Waals surface area contributed by atoms with E-state index >= 15 is 0 Å². The van der Waals surface area contributed by atoms with Crippen molar-refractivity contribution in [2.45, 2.75) is 26.7 Å². The van der Waals surface area contributed by atoms with Gasteiger partial charge in [0.1, 0.15) is 0 Å². The molecule has 2 aromatic rings. The highest BCUT2D eigenvalue weighted by Crippen LogP contribution is 2.33. The molecule has 1 aliphatic heterocycles. The third kappa shape index (κ3) is 3.50. The lowest BCUT2D eigenvalue weighted by Gasteiger charge is -2.37. The lowest BCUT2D eigenvalue weighted by molar-refractivity contribution is -0.150. The van der Waals surface area contributed by atoms with Crippen LogP contribution in [0.15, 0.2) is 28.9 Å². The van der Waals surface area contributed by atoms with E-state index in [1.165, 1.54) is 17.6 Å². The highest BCUT2D eigenvalue weighted by Gasteiger charge is 2.40. The van der Waals surface area contributed by atoms with Crippen LogP contribution in [-0.2, 0) is 4.79 Å². The first-order valence-corrected chi connectivity index (χ1v) is 9.10. The zero-order chi connectivity index (χ0) is 18.9. The van der Waals surface area contributed by atoms with Crippen molar-refractivity contribution in [2.24, 2.45) is 5.41 Å². The summed E-state index contributed by atoms with van der Waals surface area (Å²) >= 11 is 1.18. The molecule has 1 saturated heterocycles. The molecule has 0 aliphatic carbocycles. The quantitative estimate of drug-likeness (QED) is 0.853. The van der Waals surface area contributed by atoms with Crippen molar-refractivity contribution in [3.05, 3.63) is 40.7 Å². The molecule has 3 heterocycles. The largest absolute Gasteiger partial charge is 0.481 e. The molecule has 26 heavy (non-hydrogen) atoms. The Morgan fingerprint density at radius 3 is 2.81 bits per heavy atom. The second kappa shape index (κ2) is 6.95. The fraction of sp³-hybridized carbons (Fsp3) is 0.389. The van der Waals surface area contributed by atoms with E-state index in [4.69, 9.17) is 4.42 Å². The van der Waals surface area contributed by atoms with Crippen molar-refractivity contribution in [3.63, 3.8) is 0 Å². The van der Waals surface area contributed by atoms with Crippen LogP contribution in [0, 0.1) is 12.3 Å². The Bertz CT molecular complexity index is 842. The van der Waals surface area contributed by atoms with E-state index in [0.29, 0.717) is 29.3 Å². The van der Waals surface area contributed by atoms with Crippen molar-refractivity contribution >= 4 is 34.1 Å². The summed E-state index contributed by atoms with van der Waals surface area (Å²) in [5.74, 6) is -1.27. The number of aliphatic carboxylic acids is 1. The van der Waals surface area contributed by atoms with Gasteiger partial charge in [-0.25, -0.2) is 0 Å². The molecular weight excluding hydrogens is 356 g/mol. The number of hydrogen-bond acceptors (Lipinski definition) is 5. The first kappa shape index (κ1) is 18.2. The summed E-state index contributed by atoms with van der Waals surface area (Å²) < 4.78 is 5.05. The van der Waals surface area contributed by atoms with Gasteiger partial charge in [0.2, 0.25) is 0 Å². The van der Waals surface area contributed by atoms with Crippen molar-refractivity contribution in [3.8, 4) is 0 Å². The van der Waals surface area contributed by atoms with E-state index in [0.717, 1.165) is 5.56 Å². The number of furan rings is 1. The summed E-state index contributed by atoms with van der Waals surface area (Å²) in [6.07, 6.45) is 2.63. The molecule has 2 amide bonds. The maximum absolute atomic E-state index is 12.9. The van der Waals surface area contributed by atoms with Crippen LogP contribution in [0.25, 0.3) is 0 Å². The second-order valence-electron chi connectivity index (χ2n) is 6.75. The van der Waals surface area contributed by atoms with Gasteiger partial charge in [0.25, 0.3) is 11.8 Å². The van der Waals surface area contributed by atoms with E-state index in [2.05, 4.69) is 5.32 Å². The predicted molar refractivity (Wildman–Crippen MR) is 96.6 cm³/mol. The number of nitrogens with zero attached hydrogens (tertiary/aromatic N) is 1. The maximum atomic E-state index is 12.9. The molecule has 2 aromatic heterocycles. The lowest BCUT2D eigenvalue weighted by atomic mass is 9.82. The molecule has 3 rings (SSSR count). The number of anilines is 1. The van der Waals surface area contributed by atoms with Crippen LogP contribution in [0.5, 0.6) is 0 Å². The summed E-state index contributed by atoms with van der Waals surface area (Å²) in [6.45, 7) is 4.19. The summed E-state index contributed by atoms with van der Waals surface area (Å²) in [6, 6.07) is 4.92. The third-order valence-electron chi connectivity index (χ3n) is 4.59. The van der Waals surface area contributed by atoms with E-state index in [-0.39, 0.29) is 24.1 Å². The number of piperidine rings is 1. The smallest absolute Gasteiger partial charge is 0.311 e. The summed E-state index contributed by atoms with van der Waals surface area (Å²) in [5, 5.41) is 12.7. The minimum Gasteiger partial charge on any atom is -0.481 e. The SMILES string of the molecule is Cc1cc(NC(=O)c2ccco2)sc1C(=O)N1CCCC(C)(C(=O)O)C1. The van der Waals surface area contributed by atoms with Gasteiger partial charge in [0.15, 0.2) is 5.76 Å². The van der Waals surface area contributed by atoms with Gasteiger partial charge < -0.3 is 19.7 Å². The van der Waals surface area contributed by atoms with Crippen LogP contribution in [0.2, 0.25) is 0 Å². The Morgan fingerprint density at radius 2 is 2.15 bits per heavy atom. The van der Waals surface area contributed by atoms with Crippen LogP contribution in [-0.4, -0.2) is 40.9 Å². The lowest BCUT2D eigenvalue weighted by Crippen LogP contribution is -2.48. The molecule has 0 saturated carbocycles. The minimum absolute atomic E-state index is 0.187. The number of aryl methyl sites for hydroxylation is 1. The van der Waals surface area contributed by atoms with E-state index in [1.807, 2.05) is 0 Å². The first-order chi connectivity index (χ1) is 12.3. The van der Waals surface area contributed by atoms with Crippen molar-refractivity contribution in [2.75, 3.05) is 18.4 Å². The van der Waals surface area contributed by atoms with Gasteiger partial charge in [-0.3, -0.25) is 14.4 Å². The number of rotatable bonds is 4. The molecule has 8 heteroatoms. The number of carboxylic acids is 1. The summed E-state index contributed by atoms with van der Waals surface area (Å²) in [7, 11) is 0. The number of carbonyl (C=O) groups excluding carboxylic acids is 2. The Kier molecular flexibility index (Phi) is 4.86. The molecule has 1 aliphatic rings. The van der Waals surface area contributed by atoms with E-state index in [9.17, 15) is 19.5 Å². The average molecular weight is 376 g/mol. The standard InChI is InChI=1S/C18H20N2O5S/c1-11-9-13(19-15(21)12-5-3-8-25-12)26-14(11)16(22)20-7-4-6-18(2,10-20)17(23)24/h3,5,8-9H,4,6-7,10H2,1-2H3,(H,19,21)(H,23,24). The second-order valence-corrected chi connectivity index (χ2v) is 7.80. The molecule has 7 nitrogen and oxygen atoms in total. The molecule has 138 valence electrons. The highest BCUT2D eigenvalue weighted by atomic mass is 32.1. The number of hydrogen-bond donors (Lipinski definition) is 2. The third-order valence-corrected chi connectivity index (χ3v) is 5.73. The molecule has 0 radical (unpaired) electrons. The molecule has 2 N–H and O–H groups in total. The van der Waals surface area contributed by atoms with E-state index in [1.54, 1.807) is 36.9 Å². The Labute approximate surface area is 154 Å². The van der Waals surface area contributed by atoms with Gasteiger partial charge in [-0.2, -0.15) is 0 Å². The van der Waals surface area contributed by atoms with Crippen molar-refractivity contribution in [1.29, 1.82) is 0 Å². The maximum Gasteiger partial charge on any atom is 0.311 e. The number of nitrogens with one attached hydrogen (secondary N) is 1. The van der Waals surface area contributed by atoms with Crippen LogP contribution in [0.4, 0.5) is 5.00 Å². The zero-order valence-corrected chi connectivity index (χ0v) is 15.4. The topological polar surface area (TPSA) is 99.9 Å². The fourth-order valence-corrected chi connectivity index (χ4v) is 4.10. The number of amides is 2. The minimum atomic E-state index is -0.921. The fourth-order valence-electron chi connectivity index (χ4n) is 3.07. The monoisotopic (exact) mass is 376 g/mol. The summed E-state index contributed by atoms with van der Waals surface area (Å²) in [4.78, 5) is 38.5. The number of likely N-dealkylation sites (tertiary alicyclic amines) is 1. The molecule has 0 spiro atoms. The molecule has 1 unspecified atom stereocenters.